The van der Waals surface area contributed by atoms with Gasteiger partial charge in [0.15, 0.2) is 0 Å². The Hall–Kier alpha value is -1.13. The average Bonchev–Trinajstić information content (AvgIpc) is 2.44. The molecule has 0 radical (unpaired) electrons. The second-order valence-electron chi connectivity index (χ2n) is 7.03. The van der Waals surface area contributed by atoms with Crippen LogP contribution >= 0.6 is 0 Å². The van der Waals surface area contributed by atoms with Crippen LogP contribution in [0.5, 0.6) is 0 Å². The third-order valence-electron chi connectivity index (χ3n) is 4.20. The zero-order chi connectivity index (χ0) is 15.5. The van der Waals surface area contributed by atoms with Crippen molar-refractivity contribution in [1.82, 2.24) is 15.2 Å². The number of hydrogen-bond acceptors (Lipinski definition) is 4. The molecular weight excluding hydrogens is 260 g/mol. The van der Waals surface area contributed by atoms with Gasteiger partial charge >= 0.3 is 0 Å². The van der Waals surface area contributed by atoms with Gasteiger partial charge in [0.2, 0.25) is 0 Å². The summed E-state index contributed by atoms with van der Waals surface area (Å²) >= 11 is 0. The molecule has 1 unspecified atom stereocenters. The van der Waals surface area contributed by atoms with Crippen LogP contribution in [0.3, 0.4) is 0 Å². The SMILES string of the molecule is CCN1CCN(c2ccncc2CNC(C)(C)C)CC1C. The Labute approximate surface area is 129 Å². The molecule has 0 aliphatic carbocycles. The van der Waals surface area contributed by atoms with Crippen LogP contribution in [0.1, 0.15) is 40.2 Å². The number of nitrogens with zero attached hydrogens (tertiary/aromatic N) is 3. The van der Waals surface area contributed by atoms with Gasteiger partial charge in [-0.1, -0.05) is 6.92 Å². The molecule has 118 valence electrons. The number of hydrogen-bond donors (Lipinski definition) is 1. The lowest BCUT2D eigenvalue weighted by Gasteiger charge is -2.41. The van der Waals surface area contributed by atoms with E-state index in [9.17, 15) is 0 Å². The highest BCUT2D eigenvalue weighted by atomic mass is 15.3. The lowest BCUT2D eigenvalue weighted by Crippen LogP contribution is -2.52. The Morgan fingerprint density at radius 2 is 2.10 bits per heavy atom. The molecule has 4 heteroatoms. The van der Waals surface area contributed by atoms with Gasteiger partial charge in [-0.2, -0.15) is 0 Å². The molecule has 1 aromatic rings. The number of pyridine rings is 1. The van der Waals surface area contributed by atoms with Gasteiger partial charge in [-0.3, -0.25) is 9.88 Å². The Morgan fingerprint density at radius 1 is 1.33 bits per heavy atom. The first kappa shape index (κ1) is 16.2. The van der Waals surface area contributed by atoms with Gasteiger partial charge < -0.3 is 10.2 Å². The third kappa shape index (κ3) is 4.42. The minimum atomic E-state index is 0.126. The standard InChI is InChI=1S/C17H30N4/c1-6-20-9-10-21(13-14(20)2)16-7-8-18-11-15(16)12-19-17(3,4)5/h7-8,11,14,19H,6,9-10,12-13H2,1-5H3. The van der Waals surface area contributed by atoms with Crippen molar-refractivity contribution in [3.8, 4) is 0 Å². The highest BCUT2D eigenvalue weighted by Gasteiger charge is 2.24. The highest BCUT2D eigenvalue weighted by molar-refractivity contribution is 5.52. The van der Waals surface area contributed by atoms with Crippen LogP contribution < -0.4 is 10.2 Å². The summed E-state index contributed by atoms with van der Waals surface area (Å²) in [6, 6.07) is 2.77. The number of nitrogens with one attached hydrogen (secondary N) is 1. The van der Waals surface area contributed by atoms with E-state index in [1.807, 2.05) is 12.4 Å². The monoisotopic (exact) mass is 290 g/mol. The van der Waals surface area contributed by atoms with E-state index < -0.39 is 0 Å². The molecule has 0 aromatic carbocycles. The van der Waals surface area contributed by atoms with E-state index in [0.717, 1.165) is 32.7 Å². The Bertz CT molecular complexity index is 452. The molecule has 4 nitrogen and oxygen atoms in total. The summed E-state index contributed by atoms with van der Waals surface area (Å²) in [6.45, 7) is 16.5. The summed E-state index contributed by atoms with van der Waals surface area (Å²) in [5.74, 6) is 0. The van der Waals surface area contributed by atoms with Crippen LogP contribution in [0.4, 0.5) is 5.69 Å². The molecule has 2 heterocycles. The van der Waals surface area contributed by atoms with Gasteiger partial charge in [0.25, 0.3) is 0 Å². The predicted octanol–water partition coefficient (Wildman–Crippen LogP) is 2.50. The third-order valence-corrected chi connectivity index (χ3v) is 4.20. The topological polar surface area (TPSA) is 31.4 Å². The molecule has 1 fully saturated rings. The largest absolute Gasteiger partial charge is 0.368 e. The van der Waals surface area contributed by atoms with Crippen molar-refractivity contribution in [1.29, 1.82) is 0 Å². The number of likely N-dealkylation sites (N-methyl/N-ethyl adjacent to an activating group) is 1. The Balaban J connectivity index is 2.09. The van der Waals surface area contributed by atoms with Crippen LogP contribution in [0, 0.1) is 0 Å². The van der Waals surface area contributed by atoms with Gasteiger partial charge in [-0.25, -0.2) is 0 Å². The highest BCUT2D eigenvalue weighted by Crippen LogP contribution is 2.23. The lowest BCUT2D eigenvalue weighted by atomic mass is 10.1. The molecule has 0 spiro atoms. The predicted molar refractivity (Wildman–Crippen MR) is 89.8 cm³/mol. The minimum Gasteiger partial charge on any atom is -0.368 e. The van der Waals surface area contributed by atoms with Crippen LogP contribution in [0.15, 0.2) is 18.5 Å². The minimum absolute atomic E-state index is 0.126. The van der Waals surface area contributed by atoms with Crippen molar-refractivity contribution in [2.75, 3.05) is 31.1 Å². The van der Waals surface area contributed by atoms with Gasteiger partial charge in [-0.15, -0.1) is 0 Å². The first-order valence-corrected chi connectivity index (χ1v) is 8.07. The number of piperazine rings is 1. The van der Waals surface area contributed by atoms with E-state index in [-0.39, 0.29) is 5.54 Å². The Morgan fingerprint density at radius 3 is 2.71 bits per heavy atom. The van der Waals surface area contributed by atoms with Crippen LogP contribution in [0.2, 0.25) is 0 Å². The van der Waals surface area contributed by atoms with Crippen LogP contribution in [0.25, 0.3) is 0 Å². The van der Waals surface area contributed by atoms with Gasteiger partial charge in [-0.05, 0) is 40.3 Å². The fourth-order valence-electron chi connectivity index (χ4n) is 2.91. The van der Waals surface area contributed by atoms with E-state index in [1.54, 1.807) is 0 Å². The molecule has 0 saturated carbocycles. The summed E-state index contributed by atoms with van der Waals surface area (Å²) in [7, 11) is 0. The van der Waals surface area contributed by atoms with Crippen LogP contribution in [-0.2, 0) is 6.54 Å². The number of anilines is 1. The molecule has 1 aliphatic rings. The molecule has 1 N–H and O–H groups in total. The van der Waals surface area contributed by atoms with Crippen molar-refractivity contribution >= 4 is 5.69 Å². The summed E-state index contributed by atoms with van der Waals surface area (Å²) in [5.41, 5.74) is 2.76. The molecule has 1 atom stereocenters. The van der Waals surface area contributed by atoms with E-state index in [4.69, 9.17) is 0 Å². The number of aromatic nitrogens is 1. The maximum Gasteiger partial charge on any atom is 0.0443 e. The lowest BCUT2D eigenvalue weighted by molar-refractivity contribution is 0.199. The van der Waals surface area contributed by atoms with E-state index >= 15 is 0 Å². The van der Waals surface area contributed by atoms with Gasteiger partial charge in [0.1, 0.15) is 0 Å². The second kappa shape index (κ2) is 6.75. The second-order valence-corrected chi connectivity index (χ2v) is 7.03. The average molecular weight is 290 g/mol. The first-order chi connectivity index (χ1) is 9.90. The van der Waals surface area contributed by atoms with E-state index in [0.29, 0.717) is 6.04 Å². The Kier molecular flexibility index (Phi) is 5.22. The fourth-order valence-corrected chi connectivity index (χ4v) is 2.91. The van der Waals surface area contributed by atoms with Crippen molar-refractivity contribution in [2.24, 2.45) is 0 Å². The van der Waals surface area contributed by atoms with Crippen LogP contribution in [-0.4, -0.2) is 47.6 Å². The summed E-state index contributed by atoms with van der Waals surface area (Å²) < 4.78 is 0. The van der Waals surface area contributed by atoms with Gasteiger partial charge in [0, 0.05) is 61.4 Å². The smallest absolute Gasteiger partial charge is 0.0443 e. The molecular formula is C17H30N4. The zero-order valence-corrected chi connectivity index (χ0v) is 14.2. The van der Waals surface area contributed by atoms with E-state index in [2.05, 4.69) is 60.8 Å². The molecule has 0 bridgehead atoms. The van der Waals surface area contributed by atoms with Gasteiger partial charge in [0.05, 0.1) is 0 Å². The summed E-state index contributed by atoms with van der Waals surface area (Å²) in [6.07, 6.45) is 3.91. The summed E-state index contributed by atoms with van der Waals surface area (Å²) in [5, 5.41) is 3.57. The van der Waals surface area contributed by atoms with Crippen molar-refractivity contribution in [3.05, 3.63) is 24.0 Å². The maximum atomic E-state index is 4.31. The quantitative estimate of drug-likeness (QED) is 0.923. The van der Waals surface area contributed by atoms with Crippen molar-refractivity contribution in [2.45, 2.75) is 52.7 Å². The molecule has 1 aliphatic heterocycles. The van der Waals surface area contributed by atoms with E-state index in [1.165, 1.54) is 11.3 Å². The first-order valence-electron chi connectivity index (χ1n) is 8.07. The normalized spacial score (nSPS) is 20.8. The maximum absolute atomic E-state index is 4.31. The van der Waals surface area contributed by atoms with Crippen molar-refractivity contribution in [3.63, 3.8) is 0 Å². The number of rotatable bonds is 4. The molecule has 2 rings (SSSR count). The molecule has 21 heavy (non-hydrogen) atoms. The molecule has 0 amide bonds. The zero-order valence-electron chi connectivity index (χ0n) is 14.2. The molecule has 1 aromatic heterocycles. The molecule has 1 saturated heterocycles. The fraction of sp³-hybridized carbons (Fsp3) is 0.706. The van der Waals surface area contributed by atoms with Crippen molar-refractivity contribution < 1.29 is 0 Å². The summed E-state index contributed by atoms with van der Waals surface area (Å²) in [4.78, 5) is 9.37.